The van der Waals surface area contributed by atoms with Crippen LogP contribution in [0, 0.1) is 5.92 Å². The maximum absolute atomic E-state index is 11.7. The van der Waals surface area contributed by atoms with E-state index >= 15 is 0 Å². The lowest BCUT2D eigenvalue weighted by Gasteiger charge is -2.19. The molecule has 0 rings (SSSR count). The Morgan fingerprint density at radius 2 is 1.84 bits per heavy atom. The lowest BCUT2D eigenvalue weighted by atomic mass is 10.1. The van der Waals surface area contributed by atoms with E-state index in [0.717, 1.165) is 32.1 Å². The zero-order chi connectivity index (χ0) is 14.7. The average Bonchev–Trinajstić information content (AvgIpc) is 2.33. The standard InChI is InChI=1S/C14H28N2O3/c1-4-6-8-12(7-5-2)16-14(19)15-10-11(3)9-13(17)18/h11-12H,4-10H2,1-3H3,(H,17,18)(H2,15,16,19). The highest BCUT2D eigenvalue weighted by atomic mass is 16.4. The number of carboxylic acid groups (broad SMARTS) is 1. The van der Waals surface area contributed by atoms with E-state index in [2.05, 4.69) is 24.5 Å². The Labute approximate surface area is 116 Å². The topological polar surface area (TPSA) is 78.4 Å². The fraction of sp³-hybridized carbons (Fsp3) is 0.857. The van der Waals surface area contributed by atoms with Crippen LogP contribution in [0.25, 0.3) is 0 Å². The molecule has 2 unspecified atom stereocenters. The van der Waals surface area contributed by atoms with Gasteiger partial charge in [-0.1, -0.05) is 40.0 Å². The van der Waals surface area contributed by atoms with Gasteiger partial charge in [0.2, 0.25) is 0 Å². The van der Waals surface area contributed by atoms with E-state index in [4.69, 9.17) is 5.11 Å². The zero-order valence-electron chi connectivity index (χ0n) is 12.4. The van der Waals surface area contributed by atoms with Gasteiger partial charge in [-0.05, 0) is 18.8 Å². The molecule has 0 heterocycles. The first-order chi connectivity index (χ1) is 8.99. The molecule has 0 aromatic carbocycles. The maximum atomic E-state index is 11.7. The van der Waals surface area contributed by atoms with Crippen molar-refractivity contribution >= 4 is 12.0 Å². The van der Waals surface area contributed by atoms with Crippen LogP contribution in [-0.4, -0.2) is 29.7 Å². The molecule has 0 radical (unpaired) electrons. The summed E-state index contributed by atoms with van der Waals surface area (Å²) >= 11 is 0. The fourth-order valence-electron chi connectivity index (χ4n) is 1.96. The lowest BCUT2D eigenvalue weighted by Crippen LogP contribution is -2.43. The van der Waals surface area contributed by atoms with Crippen LogP contribution >= 0.6 is 0 Å². The van der Waals surface area contributed by atoms with Crippen LogP contribution in [0.3, 0.4) is 0 Å². The Morgan fingerprint density at radius 3 is 2.37 bits per heavy atom. The van der Waals surface area contributed by atoms with E-state index < -0.39 is 5.97 Å². The Hall–Kier alpha value is -1.26. The van der Waals surface area contributed by atoms with Gasteiger partial charge in [0.15, 0.2) is 0 Å². The molecule has 0 aromatic heterocycles. The molecular weight excluding hydrogens is 244 g/mol. The Kier molecular flexibility index (Phi) is 9.94. The second-order valence-corrected chi connectivity index (χ2v) is 5.19. The van der Waals surface area contributed by atoms with Crippen molar-refractivity contribution in [1.29, 1.82) is 0 Å². The molecule has 0 saturated carbocycles. The van der Waals surface area contributed by atoms with Crippen molar-refractivity contribution in [3.05, 3.63) is 0 Å². The molecule has 5 nitrogen and oxygen atoms in total. The predicted molar refractivity (Wildman–Crippen MR) is 76.2 cm³/mol. The van der Waals surface area contributed by atoms with Crippen LogP contribution in [-0.2, 0) is 4.79 Å². The molecule has 0 saturated heterocycles. The van der Waals surface area contributed by atoms with Gasteiger partial charge in [-0.25, -0.2) is 4.79 Å². The third kappa shape index (κ3) is 10.4. The van der Waals surface area contributed by atoms with Crippen molar-refractivity contribution < 1.29 is 14.7 Å². The minimum Gasteiger partial charge on any atom is -0.481 e. The van der Waals surface area contributed by atoms with Crippen molar-refractivity contribution in [2.24, 2.45) is 5.92 Å². The Balaban J connectivity index is 3.94. The molecule has 112 valence electrons. The number of carbonyl (C=O) groups is 2. The van der Waals surface area contributed by atoms with Gasteiger partial charge in [0.25, 0.3) is 0 Å². The summed E-state index contributed by atoms with van der Waals surface area (Å²) in [4.78, 5) is 22.2. The number of amides is 2. The lowest BCUT2D eigenvalue weighted by molar-refractivity contribution is -0.137. The van der Waals surface area contributed by atoms with Gasteiger partial charge in [0.1, 0.15) is 0 Å². The van der Waals surface area contributed by atoms with E-state index in [9.17, 15) is 9.59 Å². The second-order valence-electron chi connectivity index (χ2n) is 5.19. The van der Waals surface area contributed by atoms with E-state index in [1.165, 1.54) is 0 Å². The number of unbranched alkanes of at least 4 members (excludes halogenated alkanes) is 1. The van der Waals surface area contributed by atoms with Crippen molar-refractivity contribution in [3.63, 3.8) is 0 Å². The van der Waals surface area contributed by atoms with Gasteiger partial charge in [0, 0.05) is 19.0 Å². The van der Waals surface area contributed by atoms with Crippen molar-refractivity contribution in [2.75, 3.05) is 6.54 Å². The summed E-state index contributed by atoms with van der Waals surface area (Å²) in [6.45, 7) is 6.45. The number of nitrogens with one attached hydrogen (secondary N) is 2. The second kappa shape index (κ2) is 10.6. The van der Waals surface area contributed by atoms with Gasteiger partial charge in [0.05, 0.1) is 0 Å². The average molecular weight is 272 g/mol. The van der Waals surface area contributed by atoms with Gasteiger partial charge in [-0.15, -0.1) is 0 Å². The van der Waals surface area contributed by atoms with Gasteiger partial charge in [-0.3, -0.25) is 4.79 Å². The molecule has 0 fully saturated rings. The smallest absolute Gasteiger partial charge is 0.315 e. The first-order valence-electron chi connectivity index (χ1n) is 7.25. The van der Waals surface area contributed by atoms with Gasteiger partial charge >= 0.3 is 12.0 Å². The number of carboxylic acids is 1. The van der Waals surface area contributed by atoms with Crippen molar-refractivity contribution in [1.82, 2.24) is 10.6 Å². The van der Waals surface area contributed by atoms with E-state index in [0.29, 0.717) is 6.54 Å². The van der Waals surface area contributed by atoms with Gasteiger partial charge in [-0.2, -0.15) is 0 Å². The first-order valence-corrected chi connectivity index (χ1v) is 7.25. The predicted octanol–water partition coefficient (Wildman–Crippen LogP) is 2.76. The highest BCUT2D eigenvalue weighted by molar-refractivity contribution is 5.74. The van der Waals surface area contributed by atoms with Crippen LogP contribution < -0.4 is 10.6 Å². The van der Waals surface area contributed by atoms with E-state index in [1.54, 1.807) is 0 Å². The minimum atomic E-state index is -0.832. The summed E-state index contributed by atoms with van der Waals surface area (Å²) in [5, 5.41) is 14.3. The fourth-order valence-corrected chi connectivity index (χ4v) is 1.96. The number of urea groups is 1. The normalized spacial score (nSPS) is 13.6. The number of rotatable bonds is 10. The van der Waals surface area contributed by atoms with E-state index in [-0.39, 0.29) is 24.4 Å². The molecule has 0 aliphatic rings. The Morgan fingerprint density at radius 1 is 1.16 bits per heavy atom. The minimum absolute atomic E-state index is 0.0523. The van der Waals surface area contributed by atoms with Crippen LogP contribution in [0.1, 0.15) is 59.3 Å². The molecule has 5 heteroatoms. The molecule has 2 atom stereocenters. The third-order valence-electron chi connectivity index (χ3n) is 3.01. The van der Waals surface area contributed by atoms with Gasteiger partial charge < -0.3 is 15.7 Å². The first kappa shape index (κ1) is 17.7. The number of carbonyl (C=O) groups excluding carboxylic acids is 1. The Bertz CT molecular complexity index is 269. The zero-order valence-corrected chi connectivity index (χ0v) is 12.4. The number of hydrogen-bond acceptors (Lipinski definition) is 2. The molecule has 0 aliphatic heterocycles. The van der Waals surface area contributed by atoms with Crippen LogP contribution in [0.15, 0.2) is 0 Å². The van der Waals surface area contributed by atoms with Crippen molar-refractivity contribution in [3.8, 4) is 0 Å². The summed E-state index contributed by atoms with van der Waals surface area (Å²) in [6.07, 6.45) is 5.35. The summed E-state index contributed by atoms with van der Waals surface area (Å²) in [5.74, 6) is -0.884. The monoisotopic (exact) mass is 272 g/mol. The third-order valence-corrected chi connectivity index (χ3v) is 3.01. The SMILES string of the molecule is CCCCC(CCC)NC(=O)NCC(C)CC(=O)O. The van der Waals surface area contributed by atoms with Crippen LogP contribution in [0.5, 0.6) is 0 Å². The molecular formula is C14H28N2O3. The molecule has 19 heavy (non-hydrogen) atoms. The summed E-state index contributed by atoms with van der Waals surface area (Å²) < 4.78 is 0. The molecule has 0 bridgehead atoms. The largest absolute Gasteiger partial charge is 0.481 e. The highest BCUT2D eigenvalue weighted by Crippen LogP contribution is 2.06. The summed E-state index contributed by atoms with van der Waals surface area (Å²) in [5.41, 5.74) is 0. The quantitative estimate of drug-likeness (QED) is 0.572. The maximum Gasteiger partial charge on any atom is 0.315 e. The highest BCUT2D eigenvalue weighted by Gasteiger charge is 2.12. The summed E-state index contributed by atoms with van der Waals surface area (Å²) in [6, 6.07) is 0.0338. The molecule has 2 amide bonds. The number of aliphatic carboxylic acids is 1. The van der Waals surface area contributed by atoms with Crippen LogP contribution in [0.4, 0.5) is 4.79 Å². The number of hydrogen-bond donors (Lipinski definition) is 3. The van der Waals surface area contributed by atoms with Crippen molar-refractivity contribution in [2.45, 2.75) is 65.3 Å². The molecule has 0 spiro atoms. The molecule has 3 N–H and O–H groups in total. The summed E-state index contributed by atoms with van der Waals surface area (Å²) in [7, 11) is 0. The molecule has 0 aliphatic carbocycles. The van der Waals surface area contributed by atoms with Crippen LogP contribution in [0.2, 0.25) is 0 Å². The molecule has 0 aromatic rings. The van der Waals surface area contributed by atoms with E-state index in [1.807, 2.05) is 6.92 Å².